The van der Waals surface area contributed by atoms with Gasteiger partial charge in [-0.3, -0.25) is 19.7 Å². The SMILES string of the molecule is O=C(Nc1[nH]nc(C(=O)NCCC2CCN(C3=NCCN3)CC2)c1Br)c1ccccc1Cl. The van der Waals surface area contributed by atoms with Gasteiger partial charge in [0.2, 0.25) is 0 Å². The summed E-state index contributed by atoms with van der Waals surface area (Å²) in [7, 11) is 0. The first-order valence-electron chi connectivity index (χ1n) is 10.6. The van der Waals surface area contributed by atoms with Crippen molar-refractivity contribution in [2.24, 2.45) is 10.9 Å². The fourth-order valence-electron chi connectivity index (χ4n) is 3.89. The van der Waals surface area contributed by atoms with Crippen molar-refractivity contribution in [2.45, 2.75) is 19.3 Å². The molecule has 1 saturated heterocycles. The van der Waals surface area contributed by atoms with Crippen LogP contribution < -0.4 is 16.0 Å². The highest BCUT2D eigenvalue weighted by Gasteiger charge is 2.24. The summed E-state index contributed by atoms with van der Waals surface area (Å²) in [6, 6.07) is 6.74. The van der Waals surface area contributed by atoms with Crippen molar-refractivity contribution in [3.63, 3.8) is 0 Å². The molecule has 1 aromatic carbocycles. The summed E-state index contributed by atoms with van der Waals surface area (Å²) in [6.45, 7) is 4.34. The summed E-state index contributed by atoms with van der Waals surface area (Å²) in [5.74, 6) is 1.21. The minimum Gasteiger partial charge on any atom is -0.354 e. The molecule has 32 heavy (non-hydrogen) atoms. The number of hydrogen-bond acceptors (Lipinski definition) is 6. The Morgan fingerprint density at radius 1 is 1.22 bits per heavy atom. The number of rotatable bonds is 6. The van der Waals surface area contributed by atoms with E-state index in [4.69, 9.17) is 11.6 Å². The molecule has 0 spiro atoms. The van der Waals surface area contributed by atoms with Crippen molar-refractivity contribution in [2.75, 3.05) is 38.0 Å². The molecule has 0 saturated carbocycles. The van der Waals surface area contributed by atoms with E-state index in [0.717, 1.165) is 51.4 Å². The zero-order chi connectivity index (χ0) is 22.5. The third kappa shape index (κ3) is 5.24. The van der Waals surface area contributed by atoms with Crippen molar-refractivity contribution < 1.29 is 9.59 Å². The number of H-pyrrole nitrogens is 1. The summed E-state index contributed by atoms with van der Waals surface area (Å²) < 4.78 is 0.397. The third-order valence-electron chi connectivity index (χ3n) is 5.69. The second kappa shape index (κ2) is 10.4. The highest BCUT2D eigenvalue weighted by Crippen LogP contribution is 2.25. The highest BCUT2D eigenvalue weighted by molar-refractivity contribution is 9.10. The van der Waals surface area contributed by atoms with Crippen LogP contribution in [0.2, 0.25) is 5.02 Å². The minimum atomic E-state index is -0.392. The van der Waals surface area contributed by atoms with Gasteiger partial charge in [0, 0.05) is 26.2 Å². The standard InChI is InChI=1S/C21H25BrClN7O2/c22-16-17(28-29-18(16)27-19(31)14-3-1-2-4-15(14)23)20(32)24-8-5-13-6-11-30(12-7-13)21-25-9-10-26-21/h1-4,13H,5-12H2,(H,24,32)(H,25,26)(H2,27,28,29,31). The Morgan fingerprint density at radius 3 is 2.72 bits per heavy atom. The number of anilines is 1. The number of halogens is 2. The Kier molecular flexibility index (Phi) is 7.31. The van der Waals surface area contributed by atoms with Gasteiger partial charge in [-0.2, -0.15) is 5.10 Å². The van der Waals surface area contributed by atoms with Gasteiger partial charge in [0.1, 0.15) is 5.82 Å². The average Bonchev–Trinajstić information content (AvgIpc) is 3.45. The number of piperidine rings is 1. The summed E-state index contributed by atoms with van der Waals surface area (Å²) in [6.07, 6.45) is 3.08. The van der Waals surface area contributed by atoms with Crippen LogP contribution in [0.1, 0.15) is 40.1 Å². The van der Waals surface area contributed by atoms with Gasteiger partial charge in [0.25, 0.3) is 11.8 Å². The number of benzene rings is 1. The second-order valence-electron chi connectivity index (χ2n) is 7.80. The molecule has 0 bridgehead atoms. The number of aromatic nitrogens is 2. The molecular formula is C21H25BrClN7O2. The lowest BCUT2D eigenvalue weighted by atomic mass is 9.93. The molecule has 4 N–H and O–H groups in total. The lowest BCUT2D eigenvalue weighted by molar-refractivity contribution is 0.0943. The fraction of sp³-hybridized carbons (Fsp3) is 0.429. The molecule has 2 aromatic rings. The van der Waals surface area contributed by atoms with Crippen LogP contribution in [-0.2, 0) is 0 Å². The van der Waals surface area contributed by atoms with Crippen molar-refractivity contribution in [1.29, 1.82) is 0 Å². The number of nitrogens with one attached hydrogen (secondary N) is 4. The Labute approximate surface area is 199 Å². The van der Waals surface area contributed by atoms with Crippen molar-refractivity contribution >= 4 is 51.1 Å². The van der Waals surface area contributed by atoms with Gasteiger partial charge in [0.15, 0.2) is 11.7 Å². The number of aromatic amines is 1. The van der Waals surface area contributed by atoms with E-state index in [1.165, 1.54) is 0 Å². The highest BCUT2D eigenvalue weighted by atomic mass is 79.9. The fourth-order valence-corrected chi connectivity index (χ4v) is 4.57. The Bertz CT molecular complexity index is 1020. The first kappa shape index (κ1) is 22.6. The summed E-state index contributed by atoms with van der Waals surface area (Å²) in [5, 5.41) is 16.0. The number of nitrogens with zero attached hydrogens (tertiary/aromatic N) is 3. The molecule has 1 aromatic heterocycles. The molecule has 4 rings (SSSR count). The molecule has 170 valence electrons. The van der Waals surface area contributed by atoms with Crippen LogP contribution in [0.25, 0.3) is 0 Å². The van der Waals surface area contributed by atoms with Crippen LogP contribution in [-0.4, -0.2) is 65.6 Å². The van der Waals surface area contributed by atoms with Gasteiger partial charge in [-0.1, -0.05) is 23.7 Å². The van der Waals surface area contributed by atoms with E-state index < -0.39 is 5.91 Å². The molecule has 2 amide bonds. The maximum atomic E-state index is 12.6. The Morgan fingerprint density at radius 2 is 2.00 bits per heavy atom. The number of carbonyl (C=O) groups excluding carboxylic acids is 2. The molecule has 9 nitrogen and oxygen atoms in total. The molecule has 0 unspecified atom stereocenters. The lowest BCUT2D eigenvalue weighted by Crippen LogP contribution is -2.44. The van der Waals surface area contributed by atoms with E-state index in [-0.39, 0.29) is 11.6 Å². The predicted molar refractivity (Wildman–Crippen MR) is 127 cm³/mol. The first-order chi connectivity index (χ1) is 15.5. The summed E-state index contributed by atoms with van der Waals surface area (Å²) >= 11 is 9.42. The van der Waals surface area contributed by atoms with E-state index in [2.05, 4.69) is 52.0 Å². The molecule has 0 radical (unpaired) electrons. The number of hydrogen-bond donors (Lipinski definition) is 4. The number of aliphatic imine (C=N–C) groups is 1. The van der Waals surface area contributed by atoms with Gasteiger partial charge >= 0.3 is 0 Å². The smallest absolute Gasteiger partial charge is 0.273 e. The molecule has 0 atom stereocenters. The number of amides is 2. The minimum absolute atomic E-state index is 0.194. The molecular weight excluding hydrogens is 498 g/mol. The van der Waals surface area contributed by atoms with E-state index in [9.17, 15) is 9.59 Å². The maximum absolute atomic E-state index is 12.6. The van der Waals surface area contributed by atoms with E-state index >= 15 is 0 Å². The first-order valence-corrected chi connectivity index (χ1v) is 11.8. The summed E-state index contributed by atoms with van der Waals surface area (Å²) in [5.41, 5.74) is 0.531. The average molecular weight is 523 g/mol. The Hall–Kier alpha value is -2.59. The number of likely N-dealkylation sites (tertiary alicyclic amines) is 1. The van der Waals surface area contributed by atoms with Crippen LogP contribution in [0.4, 0.5) is 5.82 Å². The van der Waals surface area contributed by atoms with Gasteiger partial charge in [0.05, 0.1) is 21.6 Å². The lowest BCUT2D eigenvalue weighted by Gasteiger charge is -2.33. The summed E-state index contributed by atoms with van der Waals surface area (Å²) in [4.78, 5) is 31.8. The van der Waals surface area contributed by atoms with E-state index in [0.29, 0.717) is 33.3 Å². The van der Waals surface area contributed by atoms with Crippen molar-refractivity contribution in [3.8, 4) is 0 Å². The quantitative estimate of drug-likeness (QED) is 0.466. The van der Waals surface area contributed by atoms with Crippen LogP contribution in [0.15, 0.2) is 33.7 Å². The van der Waals surface area contributed by atoms with Crippen molar-refractivity contribution in [3.05, 3.63) is 45.0 Å². The largest absolute Gasteiger partial charge is 0.354 e. The van der Waals surface area contributed by atoms with Gasteiger partial charge in [-0.25, -0.2) is 0 Å². The zero-order valence-electron chi connectivity index (χ0n) is 17.5. The zero-order valence-corrected chi connectivity index (χ0v) is 19.8. The monoisotopic (exact) mass is 521 g/mol. The van der Waals surface area contributed by atoms with E-state index in [1.54, 1.807) is 24.3 Å². The van der Waals surface area contributed by atoms with Crippen molar-refractivity contribution in [1.82, 2.24) is 25.7 Å². The maximum Gasteiger partial charge on any atom is 0.273 e. The van der Waals surface area contributed by atoms with Crippen LogP contribution >= 0.6 is 27.5 Å². The van der Waals surface area contributed by atoms with Gasteiger partial charge < -0.3 is 20.9 Å². The van der Waals surface area contributed by atoms with E-state index in [1.807, 2.05) is 0 Å². The normalized spacial score (nSPS) is 16.4. The Balaban J connectivity index is 1.24. The molecule has 11 heteroatoms. The molecule has 2 aliphatic rings. The molecule has 3 heterocycles. The predicted octanol–water partition coefficient (Wildman–Crippen LogP) is 2.87. The number of guanidine groups is 1. The molecule has 0 aliphatic carbocycles. The third-order valence-corrected chi connectivity index (χ3v) is 6.79. The van der Waals surface area contributed by atoms with Crippen LogP contribution in [0, 0.1) is 5.92 Å². The molecule has 2 aliphatic heterocycles. The van der Waals surface area contributed by atoms with Gasteiger partial charge in [-0.15, -0.1) is 0 Å². The number of carbonyl (C=O) groups is 2. The second-order valence-corrected chi connectivity index (χ2v) is 9.00. The van der Waals surface area contributed by atoms with Crippen LogP contribution in [0.5, 0.6) is 0 Å². The van der Waals surface area contributed by atoms with Gasteiger partial charge in [-0.05, 0) is 53.2 Å². The topological polar surface area (TPSA) is 115 Å². The van der Waals surface area contributed by atoms with Crippen LogP contribution in [0.3, 0.4) is 0 Å². The molecule has 1 fully saturated rings.